The summed E-state index contributed by atoms with van der Waals surface area (Å²) in [6.45, 7) is 0. The third-order valence-corrected chi connectivity index (χ3v) is 3.57. The van der Waals surface area contributed by atoms with Crippen LogP contribution >= 0.6 is 0 Å². The van der Waals surface area contributed by atoms with Crippen LogP contribution in [0.2, 0.25) is 0 Å². The minimum absolute atomic E-state index is 0.217. The fourth-order valence-corrected chi connectivity index (χ4v) is 2.47. The van der Waals surface area contributed by atoms with Crippen molar-refractivity contribution in [3.63, 3.8) is 0 Å². The lowest BCUT2D eigenvalue weighted by Crippen LogP contribution is -2.42. The van der Waals surface area contributed by atoms with Crippen LogP contribution in [0.1, 0.15) is 25.7 Å². The van der Waals surface area contributed by atoms with Gasteiger partial charge in [-0.15, -0.1) is 0 Å². The predicted molar refractivity (Wildman–Crippen MR) is 73.4 cm³/mol. The molecule has 2 rings (SSSR count). The molecule has 3 N–H and O–H groups in total. The average Bonchev–Trinajstić information content (AvgIpc) is 2.41. The third kappa shape index (κ3) is 2.88. The van der Waals surface area contributed by atoms with Gasteiger partial charge in [0.15, 0.2) is 0 Å². The largest absolute Gasteiger partial charge is 0.497 e. The normalized spacial score (nSPS) is 23.5. The Bertz CT molecular complexity index is 395. The Hall–Kier alpha value is -1.42. The molecule has 0 bridgehead atoms. The zero-order chi connectivity index (χ0) is 13.0. The molecule has 0 spiro atoms. The second-order valence-corrected chi connectivity index (χ2v) is 4.77. The van der Waals surface area contributed by atoms with Crippen LogP contribution in [-0.2, 0) is 0 Å². The lowest BCUT2D eigenvalue weighted by atomic mass is 9.91. The smallest absolute Gasteiger partial charge is 0.142 e. The summed E-state index contributed by atoms with van der Waals surface area (Å²) < 4.78 is 10.6. The molecule has 100 valence electrons. The number of nitrogens with two attached hydrogens (primary N) is 1. The van der Waals surface area contributed by atoms with Crippen molar-refractivity contribution in [1.82, 2.24) is 0 Å². The molecule has 2 atom stereocenters. The first-order valence-electron chi connectivity index (χ1n) is 6.48. The molecule has 1 aromatic carbocycles. The van der Waals surface area contributed by atoms with Gasteiger partial charge >= 0.3 is 0 Å². The molecule has 1 aliphatic rings. The lowest BCUT2D eigenvalue weighted by Gasteiger charge is -2.30. The molecule has 0 amide bonds. The van der Waals surface area contributed by atoms with Crippen LogP contribution in [0.5, 0.6) is 11.5 Å². The standard InChI is InChI=1S/C14H22N2O2/c1-17-10-7-8-14(18-2)13(9-10)16-12-6-4-3-5-11(12)15/h7-9,11-12,16H,3-6,15H2,1-2H3. The number of benzene rings is 1. The summed E-state index contributed by atoms with van der Waals surface area (Å²) in [5, 5.41) is 3.49. The van der Waals surface area contributed by atoms with Crippen molar-refractivity contribution in [3.8, 4) is 11.5 Å². The molecular formula is C14H22N2O2. The molecule has 1 aromatic rings. The highest BCUT2D eigenvalue weighted by Gasteiger charge is 2.22. The fourth-order valence-electron chi connectivity index (χ4n) is 2.47. The first-order chi connectivity index (χ1) is 8.74. The molecule has 2 unspecified atom stereocenters. The quantitative estimate of drug-likeness (QED) is 0.861. The van der Waals surface area contributed by atoms with Crippen molar-refractivity contribution in [2.24, 2.45) is 5.73 Å². The molecule has 0 heterocycles. The van der Waals surface area contributed by atoms with Gasteiger partial charge in [0.25, 0.3) is 0 Å². The highest BCUT2D eigenvalue weighted by atomic mass is 16.5. The van der Waals surface area contributed by atoms with E-state index in [0.29, 0.717) is 6.04 Å². The zero-order valence-electron chi connectivity index (χ0n) is 11.1. The van der Waals surface area contributed by atoms with E-state index in [1.807, 2.05) is 18.2 Å². The van der Waals surface area contributed by atoms with Crippen molar-refractivity contribution in [1.29, 1.82) is 0 Å². The van der Waals surface area contributed by atoms with Crippen LogP contribution in [0.25, 0.3) is 0 Å². The molecule has 1 aliphatic carbocycles. The first-order valence-corrected chi connectivity index (χ1v) is 6.48. The van der Waals surface area contributed by atoms with E-state index in [0.717, 1.165) is 30.0 Å². The van der Waals surface area contributed by atoms with Gasteiger partial charge in [0.05, 0.1) is 19.9 Å². The number of nitrogens with one attached hydrogen (secondary N) is 1. The summed E-state index contributed by atoms with van der Waals surface area (Å²) in [4.78, 5) is 0. The molecule has 1 fully saturated rings. The summed E-state index contributed by atoms with van der Waals surface area (Å²) in [7, 11) is 3.34. The van der Waals surface area contributed by atoms with Crippen LogP contribution in [0.3, 0.4) is 0 Å². The number of hydrogen-bond acceptors (Lipinski definition) is 4. The molecular weight excluding hydrogens is 228 g/mol. The number of anilines is 1. The zero-order valence-corrected chi connectivity index (χ0v) is 11.1. The molecule has 1 saturated carbocycles. The van der Waals surface area contributed by atoms with E-state index >= 15 is 0 Å². The van der Waals surface area contributed by atoms with Gasteiger partial charge in [-0.05, 0) is 25.0 Å². The highest BCUT2D eigenvalue weighted by molar-refractivity contribution is 5.60. The summed E-state index contributed by atoms with van der Waals surface area (Å²) in [5.74, 6) is 1.65. The summed E-state index contributed by atoms with van der Waals surface area (Å²) in [6, 6.07) is 6.30. The predicted octanol–water partition coefficient (Wildman–Crippen LogP) is 2.39. The van der Waals surface area contributed by atoms with Gasteiger partial charge in [-0.1, -0.05) is 12.8 Å². The Morgan fingerprint density at radius 2 is 1.94 bits per heavy atom. The van der Waals surface area contributed by atoms with Gasteiger partial charge in [0.1, 0.15) is 11.5 Å². The van der Waals surface area contributed by atoms with E-state index in [1.54, 1.807) is 14.2 Å². The molecule has 0 saturated heterocycles. The van der Waals surface area contributed by atoms with Gasteiger partial charge in [-0.25, -0.2) is 0 Å². The van der Waals surface area contributed by atoms with Crippen LogP contribution in [0.4, 0.5) is 5.69 Å². The monoisotopic (exact) mass is 250 g/mol. The lowest BCUT2D eigenvalue weighted by molar-refractivity contribution is 0.392. The van der Waals surface area contributed by atoms with Crippen LogP contribution in [0.15, 0.2) is 18.2 Å². The number of methoxy groups -OCH3 is 2. The van der Waals surface area contributed by atoms with Gasteiger partial charge in [-0.3, -0.25) is 0 Å². The van der Waals surface area contributed by atoms with Crippen molar-refractivity contribution in [2.45, 2.75) is 37.8 Å². The SMILES string of the molecule is COc1ccc(OC)c(NC2CCCCC2N)c1. The summed E-state index contributed by atoms with van der Waals surface area (Å²) >= 11 is 0. The molecule has 4 heteroatoms. The second-order valence-electron chi connectivity index (χ2n) is 4.77. The van der Waals surface area contributed by atoms with E-state index in [1.165, 1.54) is 12.8 Å². The van der Waals surface area contributed by atoms with Crippen molar-refractivity contribution < 1.29 is 9.47 Å². The number of hydrogen-bond donors (Lipinski definition) is 2. The molecule has 18 heavy (non-hydrogen) atoms. The Kier molecular flexibility index (Phi) is 4.31. The third-order valence-electron chi connectivity index (χ3n) is 3.57. The highest BCUT2D eigenvalue weighted by Crippen LogP contribution is 2.31. The molecule has 4 nitrogen and oxygen atoms in total. The minimum atomic E-state index is 0.217. The topological polar surface area (TPSA) is 56.5 Å². The maximum absolute atomic E-state index is 6.15. The Morgan fingerprint density at radius 3 is 2.61 bits per heavy atom. The first kappa shape index (κ1) is 13.0. The van der Waals surface area contributed by atoms with Crippen molar-refractivity contribution >= 4 is 5.69 Å². The maximum atomic E-state index is 6.15. The number of rotatable bonds is 4. The Balaban J connectivity index is 2.15. The van der Waals surface area contributed by atoms with E-state index in [-0.39, 0.29) is 6.04 Å². The second kappa shape index (κ2) is 5.96. The fraction of sp³-hybridized carbons (Fsp3) is 0.571. The number of ether oxygens (including phenoxy) is 2. The molecule has 0 aliphatic heterocycles. The van der Waals surface area contributed by atoms with Crippen LogP contribution in [-0.4, -0.2) is 26.3 Å². The Morgan fingerprint density at radius 1 is 1.17 bits per heavy atom. The van der Waals surface area contributed by atoms with Crippen molar-refractivity contribution in [2.75, 3.05) is 19.5 Å². The van der Waals surface area contributed by atoms with Gasteiger partial charge in [0, 0.05) is 18.2 Å². The van der Waals surface area contributed by atoms with Crippen molar-refractivity contribution in [3.05, 3.63) is 18.2 Å². The Labute approximate surface area is 108 Å². The molecule has 0 aromatic heterocycles. The van der Waals surface area contributed by atoms with Crippen LogP contribution in [0, 0.1) is 0 Å². The van der Waals surface area contributed by atoms with Crippen LogP contribution < -0.4 is 20.5 Å². The van der Waals surface area contributed by atoms with E-state index in [4.69, 9.17) is 15.2 Å². The molecule has 0 radical (unpaired) electrons. The van der Waals surface area contributed by atoms with Gasteiger partial charge in [-0.2, -0.15) is 0 Å². The average molecular weight is 250 g/mol. The summed E-state index contributed by atoms with van der Waals surface area (Å²) in [6.07, 6.45) is 4.66. The van der Waals surface area contributed by atoms with Gasteiger partial charge in [0.2, 0.25) is 0 Å². The minimum Gasteiger partial charge on any atom is -0.497 e. The van der Waals surface area contributed by atoms with E-state index in [9.17, 15) is 0 Å². The maximum Gasteiger partial charge on any atom is 0.142 e. The van der Waals surface area contributed by atoms with E-state index in [2.05, 4.69) is 5.32 Å². The van der Waals surface area contributed by atoms with E-state index < -0.39 is 0 Å². The van der Waals surface area contributed by atoms with Gasteiger partial charge < -0.3 is 20.5 Å². The summed E-state index contributed by atoms with van der Waals surface area (Å²) in [5.41, 5.74) is 7.11.